The Bertz CT molecular complexity index is 1700. The average molecular weight is 772 g/mol. The predicted molar refractivity (Wildman–Crippen MR) is 212 cm³/mol. The summed E-state index contributed by atoms with van der Waals surface area (Å²) in [6.07, 6.45) is 2.30. The zero-order valence-corrected chi connectivity index (χ0v) is 32.8. The molecule has 4 rings (SSSR count). The van der Waals surface area contributed by atoms with Crippen molar-refractivity contribution in [3.8, 4) is 0 Å². The number of aliphatic hydroxyl groups is 1. The first-order chi connectivity index (χ1) is 26.9. The van der Waals surface area contributed by atoms with E-state index < -0.39 is 59.6 Å². The molecular formula is C43H57N5O8. The maximum Gasteiger partial charge on any atom is 0.407 e. The molecule has 0 saturated carbocycles. The van der Waals surface area contributed by atoms with Gasteiger partial charge in [-0.1, -0.05) is 97.4 Å². The van der Waals surface area contributed by atoms with Crippen LogP contribution in [0.5, 0.6) is 0 Å². The smallest absolute Gasteiger partial charge is 0.407 e. The van der Waals surface area contributed by atoms with Gasteiger partial charge < -0.3 is 35.4 Å². The van der Waals surface area contributed by atoms with E-state index >= 15 is 4.79 Å². The number of morpholine rings is 1. The first kappa shape index (κ1) is 43.5. The normalized spacial score (nSPS) is 15.0. The highest BCUT2D eigenvalue weighted by molar-refractivity contribution is 6.00. The lowest BCUT2D eigenvalue weighted by atomic mass is 9.77. The van der Waals surface area contributed by atoms with Gasteiger partial charge in [-0.2, -0.15) is 0 Å². The Morgan fingerprint density at radius 1 is 0.804 bits per heavy atom. The number of rotatable bonds is 18. The van der Waals surface area contributed by atoms with Crippen molar-refractivity contribution in [1.82, 2.24) is 26.2 Å². The van der Waals surface area contributed by atoms with E-state index in [1.807, 2.05) is 30.3 Å². The van der Waals surface area contributed by atoms with Crippen LogP contribution in [0.4, 0.5) is 9.59 Å². The van der Waals surface area contributed by atoms with Gasteiger partial charge in [0.2, 0.25) is 11.8 Å². The van der Waals surface area contributed by atoms with Crippen LogP contribution in [-0.4, -0.2) is 96.5 Å². The number of imide groups is 1. The lowest BCUT2D eigenvalue weighted by Gasteiger charge is -2.40. The number of nitrogens with one attached hydrogen (secondary N) is 4. The quantitative estimate of drug-likeness (QED) is 0.119. The molecule has 1 aliphatic heterocycles. The van der Waals surface area contributed by atoms with Crippen LogP contribution < -0.4 is 21.3 Å². The molecule has 1 heterocycles. The summed E-state index contributed by atoms with van der Waals surface area (Å²) in [5, 5.41) is 21.9. The standard InChI is InChI=1S/C43H57N5O8/c1-42(2,3)56-41(54)44-30-35(31-49)43(29-34-21-13-6-14-22-34,47-37(50)23-15-7-10-18-32-16-8-4-9-17-32)39(52)45-36(28-33-19-11-5-12-20-33)38(51)46-40(53)48-24-26-55-27-25-48/h4-6,8-9,11-14,16-17,19-22,35-36,49H,7,10,15,18,23-31H2,1-3H3,(H,44,54)(H,45,52)(H,47,50)(H,46,51,53)/t35?,36?,43-/m1/s1. The van der Waals surface area contributed by atoms with Crippen LogP contribution in [0.3, 0.4) is 0 Å². The third kappa shape index (κ3) is 14.1. The van der Waals surface area contributed by atoms with E-state index in [0.717, 1.165) is 19.3 Å². The third-order valence-corrected chi connectivity index (χ3v) is 9.55. The summed E-state index contributed by atoms with van der Waals surface area (Å²) in [7, 11) is 0. The Hall–Kier alpha value is -5.27. The number of aliphatic hydroxyl groups excluding tert-OH is 1. The monoisotopic (exact) mass is 771 g/mol. The molecule has 13 heteroatoms. The molecule has 1 aliphatic rings. The van der Waals surface area contributed by atoms with Crippen LogP contribution in [0.25, 0.3) is 0 Å². The Kier molecular flexibility index (Phi) is 16.9. The Labute approximate surface area is 329 Å². The van der Waals surface area contributed by atoms with Gasteiger partial charge in [0.25, 0.3) is 5.91 Å². The number of benzene rings is 3. The lowest BCUT2D eigenvalue weighted by Crippen LogP contribution is -2.69. The molecule has 0 bridgehead atoms. The molecule has 1 fully saturated rings. The Morgan fingerprint density at radius 2 is 1.39 bits per heavy atom. The second-order valence-corrected chi connectivity index (χ2v) is 15.1. The summed E-state index contributed by atoms with van der Waals surface area (Å²) in [4.78, 5) is 70.4. The van der Waals surface area contributed by atoms with Gasteiger partial charge in [-0.05, 0) is 56.7 Å². The second kappa shape index (κ2) is 21.7. The molecule has 3 atom stereocenters. The van der Waals surface area contributed by atoms with Crippen molar-refractivity contribution in [3.63, 3.8) is 0 Å². The van der Waals surface area contributed by atoms with E-state index in [2.05, 4.69) is 33.4 Å². The van der Waals surface area contributed by atoms with Crippen molar-refractivity contribution in [2.24, 2.45) is 5.92 Å². The van der Waals surface area contributed by atoms with Crippen molar-refractivity contribution in [2.75, 3.05) is 39.5 Å². The third-order valence-electron chi connectivity index (χ3n) is 9.55. The van der Waals surface area contributed by atoms with Crippen LogP contribution in [-0.2, 0) is 43.1 Å². The van der Waals surface area contributed by atoms with Crippen LogP contribution >= 0.6 is 0 Å². The molecule has 56 heavy (non-hydrogen) atoms. The average Bonchev–Trinajstić information content (AvgIpc) is 3.18. The topological polar surface area (TPSA) is 175 Å². The number of aryl methyl sites for hydroxylation is 1. The Balaban J connectivity index is 1.65. The lowest BCUT2D eigenvalue weighted by molar-refractivity contribution is -0.139. The van der Waals surface area contributed by atoms with Gasteiger partial charge in [-0.15, -0.1) is 0 Å². The number of ether oxygens (including phenoxy) is 2. The van der Waals surface area contributed by atoms with Crippen molar-refractivity contribution in [3.05, 3.63) is 108 Å². The van der Waals surface area contributed by atoms with E-state index in [1.54, 1.807) is 69.3 Å². The Morgan fingerprint density at radius 3 is 1.98 bits per heavy atom. The van der Waals surface area contributed by atoms with Gasteiger partial charge in [0.1, 0.15) is 17.2 Å². The molecular weight excluding hydrogens is 714 g/mol. The van der Waals surface area contributed by atoms with Crippen LogP contribution in [0.15, 0.2) is 91.0 Å². The minimum absolute atomic E-state index is 0.0194. The first-order valence-electron chi connectivity index (χ1n) is 19.4. The molecule has 5 N–H and O–H groups in total. The summed E-state index contributed by atoms with van der Waals surface area (Å²) in [6.45, 7) is 5.53. The minimum Gasteiger partial charge on any atom is -0.444 e. The fraction of sp³-hybridized carbons (Fsp3) is 0.465. The number of carbonyl (C=O) groups is 5. The van der Waals surface area contributed by atoms with E-state index in [1.165, 1.54) is 10.5 Å². The molecule has 6 amide bonds. The summed E-state index contributed by atoms with van der Waals surface area (Å²) < 4.78 is 10.8. The van der Waals surface area contributed by atoms with Crippen LogP contribution in [0.1, 0.15) is 63.1 Å². The summed E-state index contributed by atoms with van der Waals surface area (Å²) in [5.41, 5.74) is -0.115. The SMILES string of the molecule is CC(C)(C)OC(=O)NCC(CO)[C@@](Cc1ccccc1)(NC(=O)CCCCCc1ccccc1)C(=O)NC(Cc1ccccc1)C(=O)NC(=O)N1CCOCC1. The van der Waals surface area contributed by atoms with Crippen molar-refractivity contribution in [2.45, 2.75) is 82.9 Å². The highest BCUT2D eigenvalue weighted by Gasteiger charge is 2.48. The summed E-state index contributed by atoms with van der Waals surface area (Å²) in [5.74, 6) is -3.03. The number of hydrogen-bond donors (Lipinski definition) is 5. The molecule has 1 saturated heterocycles. The maximum absolute atomic E-state index is 15.0. The molecule has 0 radical (unpaired) electrons. The fourth-order valence-corrected chi connectivity index (χ4v) is 6.58. The summed E-state index contributed by atoms with van der Waals surface area (Å²) >= 11 is 0. The summed E-state index contributed by atoms with van der Waals surface area (Å²) in [6, 6.07) is 26.2. The minimum atomic E-state index is -1.88. The van der Waals surface area contributed by atoms with Crippen LogP contribution in [0, 0.1) is 5.92 Å². The first-order valence-corrected chi connectivity index (χ1v) is 19.4. The zero-order chi connectivity index (χ0) is 40.4. The predicted octanol–water partition coefficient (Wildman–Crippen LogP) is 4.32. The number of unbranched alkanes of at least 4 members (excludes halogenated alkanes) is 2. The number of alkyl carbamates (subject to hydrolysis) is 1. The highest BCUT2D eigenvalue weighted by atomic mass is 16.6. The molecule has 13 nitrogen and oxygen atoms in total. The van der Waals surface area contributed by atoms with Gasteiger partial charge in [0.15, 0.2) is 0 Å². The maximum atomic E-state index is 15.0. The second-order valence-electron chi connectivity index (χ2n) is 15.1. The van der Waals surface area contributed by atoms with E-state index in [-0.39, 0.29) is 25.8 Å². The molecule has 302 valence electrons. The molecule has 3 aromatic rings. The number of carbonyl (C=O) groups excluding carboxylic acids is 5. The molecule has 2 unspecified atom stereocenters. The number of hydrogen-bond acceptors (Lipinski definition) is 8. The molecule has 0 aromatic heterocycles. The van der Waals surface area contributed by atoms with E-state index in [4.69, 9.17) is 9.47 Å². The van der Waals surface area contributed by atoms with Gasteiger partial charge >= 0.3 is 12.1 Å². The fourth-order valence-electron chi connectivity index (χ4n) is 6.58. The van der Waals surface area contributed by atoms with Crippen molar-refractivity contribution >= 4 is 29.8 Å². The molecule has 0 aliphatic carbocycles. The van der Waals surface area contributed by atoms with E-state index in [0.29, 0.717) is 43.9 Å². The van der Waals surface area contributed by atoms with Gasteiger partial charge in [-0.25, -0.2) is 9.59 Å². The molecule has 3 aromatic carbocycles. The number of amides is 6. The largest absolute Gasteiger partial charge is 0.444 e. The zero-order valence-electron chi connectivity index (χ0n) is 32.8. The number of nitrogens with zero attached hydrogens (tertiary/aromatic N) is 1. The van der Waals surface area contributed by atoms with Crippen LogP contribution in [0.2, 0.25) is 0 Å². The highest BCUT2D eigenvalue weighted by Crippen LogP contribution is 2.26. The van der Waals surface area contributed by atoms with Gasteiger partial charge in [0, 0.05) is 44.8 Å². The number of urea groups is 1. The van der Waals surface area contributed by atoms with Gasteiger partial charge in [0.05, 0.1) is 19.8 Å². The molecule has 0 spiro atoms. The van der Waals surface area contributed by atoms with E-state index in [9.17, 15) is 24.3 Å². The van der Waals surface area contributed by atoms with Gasteiger partial charge in [-0.3, -0.25) is 19.7 Å². The van der Waals surface area contributed by atoms with Crippen molar-refractivity contribution in [1.29, 1.82) is 0 Å². The van der Waals surface area contributed by atoms with Crippen molar-refractivity contribution < 1.29 is 38.6 Å².